The summed E-state index contributed by atoms with van der Waals surface area (Å²) in [4.78, 5) is 36.2. The molecule has 30 heavy (non-hydrogen) atoms. The number of ether oxygens (including phenoxy) is 1. The highest BCUT2D eigenvalue weighted by Crippen LogP contribution is 2.19. The Morgan fingerprint density at radius 1 is 0.900 bits per heavy atom. The van der Waals surface area contributed by atoms with Gasteiger partial charge < -0.3 is 15.4 Å². The average molecular weight is 423 g/mol. The Balaban J connectivity index is 1.71. The summed E-state index contributed by atoms with van der Waals surface area (Å²) in [6.45, 7) is 1.49. The van der Waals surface area contributed by atoms with Crippen LogP contribution in [0.3, 0.4) is 0 Å². The summed E-state index contributed by atoms with van der Waals surface area (Å²) in [6, 6.07) is 20.2. The number of hydrogen-bond donors (Lipinski definition) is 2. The lowest BCUT2D eigenvalue weighted by molar-refractivity contribution is -0.131. The molecule has 3 aromatic rings. The van der Waals surface area contributed by atoms with E-state index in [0.717, 1.165) is 5.56 Å². The lowest BCUT2D eigenvalue weighted by atomic mass is 10.1. The fraction of sp³-hybridized carbons (Fsp3) is 0.0870. The molecule has 0 aliphatic rings. The average Bonchev–Trinajstić information content (AvgIpc) is 2.73. The molecule has 0 atom stereocenters. The van der Waals surface area contributed by atoms with E-state index in [9.17, 15) is 14.4 Å². The number of halogens is 1. The number of benzene rings is 3. The van der Waals surface area contributed by atoms with Gasteiger partial charge in [0.05, 0.1) is 10.6 Å². The van der Waals surface area contributed by atoms with Gasteiger partial charge in [0.2, 0.25) is 0 Å². The van der Waals surface area contributed by atoms with Gasteiger partial charge in [0.25, 0.3) is 11.8 Å². The Labute approximate surface area is 178 Å². The molecule has 0 aliphatic carbocycles. The monoisotopic (exact) mass is 422 g/mol. The normalized spacial score (nSPS) is 10.2. The predicted octanol–water partition coefficient (Wildman–Crippen LogP) is 4.45. The molecule has 0 radical (unpaired) electrons. The van der Waals surface area contributed by atoms with E-state index in [1.165, 1.54) is 13.0 Å². The van der Waals surface area contributed by atoms with Crippen molar-refractivity contribution >= 4 is 35.1 Å². The van der Waals surface area contributed by atoms with E-state index in [2.05, 4.69) is 10.6 Å². The molecule has 6 nitrogen and oxygen atoms in total. The lowest BCUT2D eigenvalue weighted by Gasteiger charge is -2.13. The smallest absolute Gasteiger partial charge is 0.308 e. The molecule has 2 N–H and O–H groups in total. The van der Waals surface area contributed by atoms with Crippen LogP contribution in [0.25, 0.3) is 0 Å². The maximum atomic E-state index is 12.7. The SMILES string of the molecule is CC(=O)Oc1cccc(C(=O)Nc2ccccc2CNC(=O)c2ccccc2Cl)c1. The lowest BCUT2D eigenvalue weighted by Crippen LogP contribution is -2.24. The van der Waals surface area contributed by atoms with Crippen LogP contribution in [0.5, 0.6) is 5.75 Å². The van der Waals surface area contributed by atoms with Crippen LogP contribution >= 0.6 is 11.6 Å². The third kappa shape index (κ3) is 5.46. The molecule has 0 unspecified atom stereocenters. The standard InChI is InChI=1S/C23H19ClN2O4/c1-15(27)30-18-9-6-8-16(13-18)22(28)26-21-12-5-2-7-17(21)14-25-23(29)19-10-3-4-11-20(19)24/h2-13H,14H2,1H3,(H,25,29)(H,26,28). The third-order valence-electron chi connectivity index (χ3n) is 4.18. The van der Waals surface area contributed by atoms with Crippen molar-refractivity contribution in [1.29, 1.82) is 0 Å². The van der Waals surface area contributed by atoms with Gasteiger partial charge in [0, 0.05) is 24.7 Å². The minimum Gasteiger partial charge on any atom is -0.427 e. The quantitative estimate of drug-likeness (QED) is 0.454. The number of anilines is 1. The van der Waals surface area contributed by atoms with E-state index < -0.39 is 5.97 Å². The highest BCUT2D eigenvalue weighted by atomic mass is 35.5. The highest BCUT2D eigenvalue weighted by molar-refractivity contribution is 6.33. The topological polar surface area (TPSA) is 84.5 Å². The molecule has 0 saturated heterocycles. The number of carbonyl (C=O) groups is 3. The Morgan fingerprint density at radius 2 is 1.63 bits per heavy atom. The van der Waals surface area contributed by atoms with E-state index in [1.807, 2.05) is 6.07 Å². The summed E-state index contributed by atoms with van der Waals surface area (Å²) in [7, 11) is 0. The first-order chi connectivity index (χ1) is 14.4. The number of esters is 1. The minimum absolute atomic E-state index is 0.202. The van der Waals surface area contributed by atoms with Crippen molar-refractivity contribution in [3.05, 3.63) is 94.5 Å². The molecule has 0 aromatic heterocycles. The largest absolute Gasteiger partial charge is 0.427 e. The van der Waals surface area contributed by atoms with Gasteiger partial charge in [-0.1, -0.05) is 48.0 Å². The summed E-state index contributed by atoms with van der Waals surface area (Å²) in [5, 5.41) is 6.00. The van der Waals surface area contributed by atoms with E-state index in [-0.39, 0.29) is 24.1 Å². The van der Waals surface area contributed by atoms with Crippen LogP contribution in [0.15, 0.2) is 72.8 Å². The Morgan fingerprint density at radius 3 is 2.40 bits per heavy atom. The van der Waals surface area contributed by atoms with Gasteiger partial charge in [-0.15, -0.1) is 0 Å². The molecular weight excluding hydrogens is 404 g/mol. The first kappa shape index (κ1) is 21.1. The predicted molar refractivity (Wildman–Crippen MR) is 115 cm³/mol. The fourth-order valence-corrected chi connectivity index (χ4v) is 3.00. The molecule has 152 valence electrons. The molecule has 0 aliphatic heterocycles. The number of para-hydroxylation sites is 1. The van der Waals surface area contributed by atoms with Crippen molar-refractivity contribution in [3.8, 4) is 5.75 Å². The van der Waals surface area contributed by atoms with Crippen molar-refractivity contribution in [1.82, 2.24) is 5.32 Å². The van der Waals surface area contributed by atoms with Gasteiger partial charge in [-0.2, -0.15) is 0 Å². The minimum atomic E-state index is -0.466. The van der Waals surface area contributed by atoms with Gasteiger partial charge >= 0.3 is 5.97 Å². The Kier molecular flexibility index (Phi) is 6.83. The Hall–Kier alpha value is -3.64. The van der Waals surface area contributed by atoms with Crippen LogP contribution in [0, 0.1) is 0 Å². The molecule has 3 rings (SSSR count). The van der Waals surface area contributed by atoms with Crippen molar-refractivity contribution in [2.75, 3.05) is 5.32 Å². The summed E-state index contributed by atoms with van der Waals surface area (Å²) in [5.74, 6) is -0.854. The number of carbonyl (C=O) groups excluding carboxylic acids is 3. The van der Waals surface area contributed by atoms with Crippen molar-refractivity contribution in [2.24, 2.45) is 0 Å². The van der Waals surface area contributed by atoms with Crippen molar-refractivity contribution < 1.29 is 19.1 Å². The highest BCUT2D eigenvalue weighted by Gasteiger charge is 2.13. The summed E-state index contributed by atoms with van der Waals surface area (Å²) in [5.41, 5.74) is 1.99. The first-order valence-electron chi connectivity index (χ1n) is 9.14. The number of amides is 2. The second-order valence-electron chi connectivity index (χ2n) is 6.40. The maximum absolute atomic E-state index is 12.7. The van der Waals surface area contributed by atoms with E-state index >= 15 is 0 Å². The zero-order valence-corrected chi connectivity index (χ0v) is 16.9. The van der Waals surface area contributed by atoms with Crippen molar-refractivity contribution in [3.63, 3.8) is 0 Å². The van der Waals surface area contributed by atoms with Gasteiger partial charge in [-0.3, -0.25) is 14.4 Å². The summed E-state index contributed by atoms with van der Waals surface area (Å²) < 4.78 is 5.02. The molecule has 0 heterocycles. The maximum Gasteiger partial charge on any atom is 0.308 e. The molecule has 0 saturated carbocycles. The van der Waals surface area contributed by atoms with Crippen LogP contribution in [-0.2, 0) is 11.3 Å². The number of hydrogen-bond acceptors (Lipinski definition) is 4. The van der Waals surface area contributed by atoms with Gasteiger partial charge in [-0.25, -0.2) is 0 Å². The number of rotatable bonds is 6. The van der Waals surface area contributed by atoms with E-state index in [4.69, 9.17) is 16.3 Å². The second kappa shape index (κ2) is 9.71. The fourth-order valence-electron chi connectivity index (χ4n) is 2.77. The zero-order valence-electron chi connectivity index (χ0n) is 16.1. The zero-order chi connectivity index (χ0) is 21.5. The molecular formula is C23H19ClN2O4. The van der Waals surface area contributed by atoms with Crippen LogP contribution in [0.2, 0.25) is 5.02 Å². The van der Waals surface area contributed by atoms with Crippen LogP contribution in [0.1, 0.15) is 33.2 Å². The number of nitrogens with one attached hydrogen (secondary N) is 2. The third-order valence-corrected chi connectivity index (χ3v) is 4.51. The molecule has 7 heteroatoms. The Bertz CT molecular complexity index is 1100. The van der Waals surface area contributed by atoms with Gasteiger partial charge in [-0.05, 0) is 42.0 Å². The molecule has 0 fully saturated rings. The van der Waals surface area contributed by atoms with Crippen LogP contribution in [-0.4, -0.2) is 17.8 Å². The second-order valence-corrected chi connectivity index (χ2v) is 6.80. The van der Waals surface area contributed by atoms with Gasteiger partial charge in [0.1, 0.15) is 5.75 Å². The molecule has 0 bridgehead atoms. The molecule has 3 aromatic carbocycles. The summed E-state index contributed by atoms with van der Waals surface area (Å²) >= 11 is 6.06. The summed E-state index contributed by atoms with van der Waals surface area (Å²) in [6.07, 6.45) is 0. The van der Waals surface area contributed by atoms with Gasteiger partial charge in [0.15, 0.2) is 0 Å². The van der Waals surface area contributed by atoms with E-state index in [1.54, 1.807) is 60.7 Å². The van der Waals surface area contributed by atoms with Crippen molar-refractivity contribution in [2.45, 2.75) is 13.5 Å². The van der Waals surface area contributed by atoms with Crippen LogP contribution < -0.4 is 15.4 Å². The van der Waals surface area contributed by atoms with E-state index in [0.29, 0.717) is 21.8 Å². The van der Waals surface area contributed by atoms with Crippen LogP contribution in [0.4, 0.5) is 5.69 Å². The molecule has 2 amide bonds. The first-order valence-corrected chi connectivity index (χ1v) is 9.52. The molecule has 0 spiro atoms.